The average Bonchev–Trinajstić information content (AvgIpc) is 3.03. The van der Waals surface area contributed by atoms with Crippen molar-refractivity contribution in [3.8, 4) is 5.75 Å². The molecule has 8 nitrogen and oxygen atoms in total. The van der Waals surface area contributed by atoms with Gasteiger partial charge in [0.05, 0.1) is 17.2 Å². The number of halogens is 1. The summed E-state index contributed by atoms with van der Waals surface area (Å²) < 4.78 is 34.8. The lowest BCUT2D eigenvalue weighted by Gasteiger charge is -2.33. The quantitative estimate of drug-likeness (QED) is 0.206. The molecule has 0 unspecified atom stereocenters. The second-order valence-electron chi connectivity index (χ2n) is 10.2. The van der Waals surface area contributed by atoms with Crippen molar-refractivity contribution in [2.75, 3.05) is 24.5 Å². The Labute approximate surface area is 264 Å². The molecule has 1 N–H and O–H groups in total. The van der Waals surface area contributed by atoms with Gasteiger partial charge in [0.25, 0.3) is 10.0 Å². The molecule has 0 aliphatic heterocycles. The maximum absolute atomic E-state index is 14.3. The van der Waals surface area contributed by atoms with Gasteiger partial charge in [0.2, 0.25) is 11.8 Å². The van der Waals surface area contributed by atoms with Crippen LogP contribution in [0.3, 0.4) is 0 Å². The Bertz CT molecular complexity index is 1650. The number of hydrogen-bond donors (Lipinski definition) is 1. The summed E-state index contributed by atoms with van der Waals surface area (Å²) in [7, 11) is -2.67. The van der Waals surface area contributed by atoms with Gasteiger partial charge in [0.15, 0.2) is 0 Å². The predicted octanol–water partition coefficient (Wildman–Crippen LogP) is 5.63. The van der Waals surface area contributed by atoms with Gasteiger partial charge in [-0.15, -0.1) is 0 Å². The van der Waals surface area contributed by atoms with Crippen LogP contribution in [0.15, 0.2) is 108 Å². The van der Waals surface area contributed by atoms with E-state index in [0.717, 1.165) is 21.0 Å². The first-order chi connectivity index (χ1) is 21.1. The molecule has 4 aromatic rings. The number of carbonyl (C=O) groups is 2. The molecule has 0 aliphatic carbocycles. The highest BCUT2D eigenvalue weighted by molar-refractivity contribution is 7.92. The van der Waals surface area contributed by atoms with E-state index in [2.05, 4.69) is 5.32 Å². The van der Waals surface area contributed by atoms with Crippen LogP contribution in [0.5, 0.6) is 5.75 Å². The molecule has 0 saturated carbocycles. The van der Waals surface area contributed by atoms with Gasteiger partial charge in [-0.3, -0.25) is 13.9 Å². The third-order valence-electron chi connectivity index (χ3n) is 7.11. The van der Waals surface area contributed by atoms with E-state index in [0.29, 0.717) is 17.4 Å². The highest BCUT2D eigenvalue weighted by Gasteiger charge is 2.34. The van der Waals surface area contributed by atoms with Crippen molar-refractivity contribution in [1.82, 2.24) is 10.2 Å². The summed E-state index contributed by atoms with van der Waals surface area (Å²) in [5, 5.41) is 3.21. The lowest BCUT2D eigenvalue weighted by molar-refractivity contribution is -0.139. The van der Waals surface area contributed by atoms with Crippen molar-refractivity contribution < 1.29 is 22.7 Å². The van der Waals surface area contributed by atoms with Crippen LogP contribution < -0.4 is 14.4 Å². The van der Waals surface area contributed by atoms with Crippen LogP contribution in [-0.4, -0.2) is 51.4 Å². The van der Waals surface area contributed by atoms with E-state index >= 15 is 0 Å². The van der Waals surface area contributed by atoms with Crippen LogP contribution in [0, 0.1) is 6.92 Å². The summed E-state index contributed by atoms with van der Waals surface area (Å²) >= 11 is 6.11. The number of benzene rings is 4. The Hall–Kier alpha value is -4.34. The molecule has 0 radical (unpaired) electrons. The second-order valence-corrected chi connectivity index (χ2v) is 12.5. The summed E-state index contributed by atoms with van der Waals surface area (Å²) in [6.07, 6.45) is 0.230. The van der Waals surface area contributed by atoms with Crippen LogP contribution in [0.4, 0.5) is 5.69 Å². The standard InChI is InChI=1S/C34H36ClN3O5S/c1-4-43-30-18-16-29(17-19-30)38(44(41,42)31-20-10-25(2)11-21-31)24-33(39)37(23-27-12-14-28(35)15-13-27)32(34(40)36-3)22-26-8-6-5-7-9-26/h5-21,32H,4,22-24H2,1-3H3,(H,36,40)/t32-/m1/s1. The van der Waals surface area contributed by atoms with E-state index in [1.807, 2.05) is 44.2 Å². The topological polar surface area (TPSA) is 96.0 Å². The number of sulfonamides is 1. The number of ether oxygens (including phenoxy) is 1. The average molecular weight is 634 g/mol. The number of anilines is 1. The van der Waals surface area contributed by atoms with E-state index < -0.39 is 28.5 Å². The molecule has 0 fully saturated rings. The Kier molecular flexibility index (Phi) is 11.0. The van der Waals surface area contributed by atoms with E-state index in [-0.39, 0.29) is 29.5 Å². The smallest absolute Gasteiger partial charge is 0.264 e. The van der Waals surface area contributed by atoms with Crippen LogP contribution in [0.2, 0.25) is 5.02 Å². The zero-order chi connectivity index (χ0) is 31.7. The lowest BCUT2D eigenvalue weighted by Crippen LogP contribution is -2.53. The molecule has 2 amide bonds. The van der Waals surface area contributed by atoms with Crippen molar-refractivity contribution in [3.63, 3.8) is 0 Å². The molecular weight excluding hydrogens is 598 g/mol. The highest BCUT2D eigenvalue weighted by atomic mass is 35.5. The molecular formula is C34H36ClN3O5S. The fraction of sp³-hybridized carbons (Fsp3) is 0.235. The number of hydrogen-bond acceptors (Lipinski definition) is 5. The molecule has 0 spiro atoms. The van der Waals surface area contributed by atoms with Gasteiger partial charge < -0.3 is 15.0 Å². The minimum atomic E-state index is -4.19. The Balaban J connectivity index is 1.78. The van der Waals surface area contributed by atoms with Crippen LogP contribution in [-0.2, 0) is 32.6 Å². The van der Waals surface area contributed by atoms with Crippen molar-refractivity contribution in [1.29, 1.82) is 0 Å². The van der Waals surface area contributed by atoms with Crippen molar-refractivity contribution in [2.45, 2.75) is 37.8 Å². The van der Waals surface area contributed by atoms with Gasteiger partial charge in [-0.25, -0.2) is 8.42 Å². The summed E-state index contributed by atoms with van der Waals surface area (Å²) in [4.78, 5) is 29.2. The monoisotopic (exact) mass is 633 g/mol. The number of aryl methyl sites for hydroxylation is 1. The molecule has 0 bridgehead atoms. The van der Waals surface area contributed by atoms with Crippen LogP contribution >= 0.6 is 11.6 Å². The summed E-state index contributed by atoms with van der Waals surface area (Å²) in [5.41, 5.74) is 2.77. The Morgan fingerprint density at radius 2 is 1.50 bits per heavy atom. The third-order valence-corrected chi connectivity index (χ3v) is 9.15. The summed E-state index contributed by atoms with van der Waals surface area (Å²) in [5.74, 6) is -0.346. The molecule has 0 aliphatic rings. The normalized spacial score (nSPS) is 11.8. The minimum Gasteiger partial charge on any atom is -0.494 e. The van der Waals surface area contributed by atoms with Crippen molar-refractivity contribution in [2.24, 2.45) is 0 Å². The zero-order valence-electron chi connectivity index (χ0n) is 24.9. The number of carbonyl (C=O) groups excluding carboxylic acids is 2. The van der Waals surface area contributed by atoms with E-state index in [9.17, 15) is 18.0 Å². The van der Waals surface area contributed by atoms with Crippen molar-refractivity contribution in [3.05, 3.63) is 125 Å². The molecule has 4 aromatic carbocycles. The van der Waals surface area contributed by atoms with Gasteiger partial charge in [0.1, 0.15) is 18.3 Å². The fourth-order valence-electron chi connectivity index (χ4n) is 4.75. The number of nitrogens with zero attached hydrogens (tertiary/aromatic N) is 2. The summed E-state index contributed by atoms with van der Waals surface area (Å²) in [6, 6.07) is 28.4. The highest BCUT2D eigenvalue weighted by Crippen LogP contribution is 2.27. The molecule has 230 valence electrons. The van der Waals surface area contributed by atoms with Gasteiger partial charge in [0, 0.05) is 25.0 Å². The Morgan fingerprint density at radius 1 is 0.864 bits per heavy atom. The zero-order valence-corrected chi connectivity index (χ0v) is 26.5. The second kappa shape index (κ2) is 14.9. The fourth-order valence-corrected chi connectivity index (χ4v) is 6.29. The largest absolute Gasteiger partial charge is 0.494 e. The molecule has 10 heteroatoms. The molecule has 1 atom stereocenters. The maximum Gasteiger partial charge on any atom is 0.264 e. The van der Waals surface area contributed by atoms with Gasteiger partial charge in [-0.05, 0) is 73.5 Å². The molecule has 0 heterocycles. The predicted molar refractivity (Wildman–Crippen MR) is 173 cm³/mol. The number of rotatable bonds is 13. The molecule has 4 rings (SSSR count). The first-order valence-electron chi connectivity index (χ1n) is 14.2. The van der Waals surface area contributed by atoms with E-state index in [4.69, 9.17) is 16.3 Å². The molecule has 0 aromatic heterocycles. The minimum absolute atomic E-state index is 0.0428. The SMILES string of the molecule is CCOc1ccc(N(CC(=O)N(Cc2ccc(Cl)cc2)[C@H](Cc2ccccc2)C(=O)NC)S(=O)(=O)c2ccc(C)cc2)cc1. The van der Waals surface area contributed by atoms with E-state index in [1.54, 1.807) is 60.7 Å². The van der Waals surface area contributed by atoms with Crippen LogP contribution in [0.25, 0.3) is 0 Å². The number of likely N-dealkylation sites (N-methyl/N-ethyl adjacent to an activating group) is 1. The third kappa shape index (κ3) is 8.18. The van der Waals surface area contributed by atoms with Gasteiger partial charge in [-0.2, -0.15) is 0 Å². The Morgan fingerprint density at radius 3 is 2.09 bits per heavy atom. The number of amides is 2. The van der Waals surface area contributed by atoms with Gasteiger partial charge >= 0.3 is 0 Å². The van der Waals surface area contributed by atoms with Crippen molar-refractivity contribution >= 4 is 39.1 Å². The molecule has 44 heavy (non-hydrogen) atoms. The van der Waals surface area contributed by atoms with Crippen LogP contribution in [0.1, 0.15) is 23.6 Å². The first kappa shape index (κ1) is 32.6. The van der Waals surface area contributed by atoms with Gasteiger partial charge in [-0.1, -0.05) is 71.8 Å². The number of nitrogens with one attached hydrogen (secondary N) is 1. The van der Waals surface area contributed by atoms with E-state index in [1.165, 1.54) is 24.1 Å². The summed E-state index contributed by atoms with van der Waals surface area (Å²) in [6.45, 7) is 3.69. The first-order valence-corrected chi connectivity index (χ1v) is 16.1. The lowest BCUT2D eigenvalue weighted by atomic mass is 10.0. The molecule has 0 saturated heterocycles. The maximum atomic E-state index is 14.3.